The van der Waals surface area contributed by atoms with E-state index in [0.29, 0.717) is 31.7 Å². The second-order valence-corrected chi connectivity index (χ2v) is 17.8. The lowest BCUT2D eigenvalue weighted by Crippen LogP contribution is -2.50. The van der Waals surface area contributed by atoms with Crippen LogP contribution >= 0.6 is 0 Å². The summed E-state index contributed by atoms with van der Waals surface area (Å²) in [5, 5.41) is 14.3. The lowest BCUT2D eigenvalue weighted by atomic mass is 9.73. The van der Waals surface area contributed by atoms with E-state index in [0.717, 1.165) is 32.1 Å². The molecular weight excluding hydrogens is 552 g/mol. The van der Waals surface area contributed by atoms with Crippen LogP contribution in [0.1, 0.15) is 133 Å². The molecule has 250 valence electrons. The number of hydrogen-bond donors (Lipinski definition) is 2. The summed E-state index contributed by atoms with van der Waals surface area (Å²) in [5.74, 6) is -0.865. The van der Waals surface area contributed by atoms with Crippen molar-refractivity contribution in [1.82, 2.24) is 10.2 Å². The minimum atomic E-state index is -1.13. The summed E-state index contributed by atoms with van der Waals surface area (Å²) in [6.07, 6.45) is 7.02. The van der Waals surface area contributed by atoms with E-state index >= 15 is 0 Å². The van der Waals surface area contributed by atoms with Crippen LogP contribution in [0.2, 0.25) is 0 Å². The first kappa shape index (κ1) is 35.3. The van der Waals surface area contributed by atoms with E-state index in [9.17, 15) is 24.3 Å². The summed E-state index contributed by atoms with van der Waals surface area (Å²) in [6.45, 7) is 19.3. The van der Waals surface area contributed by atoms with Crippen molar-refractivity contribution >= 4 is 23.3 Å². The Morgan fingerprint density at radius 2 is 1.55 bits per heavy atom. The Morgan fingerprint density at radius 3 is 1.98 bits per heavy atom. The number of nitrogens with one attached hydrogen (secondary N) is 1. The van der Waals surface area contributed by atoms with Gasteiger partial charge in [0.15, 0.2) is 17.3 Å². The molecule has 7 heteroatoms. The van der Waals surface area contributed by atoms with Crippen LogP contribution in [0, 0.1) is 44.8 Å². The van der Waals surface area contributed by atoms with Gasteiger partial charge in [-0.15, -0.1) is 0 Å². The molecule has 1 heterocycles. The molecule has 2 N–H and O–H groups in total. The summed E-state index contributed by atoms with van der Waals surface area (Å²) in [6, 6.07) is -0.970. The number of aliphatic hydroxyl groups excluding tert-OH is 1. The minimum Gasteiger partial charge on any atom is -0.385 e. The van der Waals surface area contributed by atoms with Gasteiger partial charge in [0, 0.05) is 37.1 Å². The van der Waals surface area contributed by atoms with Gasteiger partial charge >= 0.3 is 0 Å². The molecule has 0 aromatic carbocycles. The first-order chi connectivity index (χ1) is 20.3. The Labute approximate surface area is 267 Å². The normalized spacial score (nSPS) is 28.3. The molecule has 6 atom stereocenters. The quantitative estimate of drug-likeness (QED) is 0.243. The number of Topliss-reactive ketones (excluding diaryl/α,β-unsaturated/α-hetero) is 3. The van der Waals surface area contributed by atoms with E-state index < -0.39 is 29.4 Å². The van der Waals surface area contributed by atoms with Crippen LogP contribution in [0.3, 0.4) is 0 Å². The number of aliphatic hydroxyl groups is 1. The third-order valence-corrected chi connectivity index (χ3v) is 12.8. The molecule has 0 aromatic heterocycles. The molecular formula is C37H62N2O5. The predicted molar refractivity (Wildman–Crippen MR) is 174 cm³/mol. The summed E-state index contributed by atoms with van der Waals surface area (Å²) >= 11 is 0. The van der Waals surface area contributed by atoms with Gasteiger partial charge in [-0.05, 0) is 79.1 Å². The number of ketones is 3. The standard InChI is InChI=1S/C37H62N2O5/c1-11-13-24(30(43)28(41)18-23-14-15-23)19-27(40)26-21-37(35(8,9)36(37)16-12-17-36)22-39(26)32(44)25(33(2,3)4)20-29(42)31(38-10)34(5,6)7/h23-26,30-31,38,43H,11-22H2,1-10H3/t24-,25-,26+,30?,31-,37-/m1/s1. The first-order valence-corrected chi connectivity index (χ1v) is 17.5. The molecule has 4 aliphatic rings. The van der Waals surface area contributed by atoms with E-state index in [4.69, 9.17) is 0 Å². The van der Waals surface area contributed by atoms with E-state index in [1.807, 2.05) is 53.4 Å². The van der Waals surface area contributed by atoms with Crippen molar-refractivity contribution in [1.29, 1.82) is 0 Å². The number of likely N-dealkylation sites (N-methyl/N-ethyl adjacent to an activating group) is 1. The molecule has 4 rings (SSSR count). The molecule has 3 aliphatic carbocycles. The second kappa shape index (κ2) is 12.2. The number of rotatable bonds is 14. The van der Waals surface area contributed by atoms with Crippen LogP contribution in [-0.2, 0) is 19.2 Å². The molecule has 0 aromatic rings. The monoisotopic (exact) mass is 614 g/mol. The highest BCUT2D eigenvalue weighted by atomic mass is 16.3. The van der Waals surface area contributed by atoms with Gasteiger partial charge < -0.3 is 15.3 Å². The van der Waals surface area contributed by atoms with Crippen LogP contribution in [0.5, 0.6) is 0 Å². The fourth-order valence-electron chi connectivity index (χ4n) is 9.60. The van der Waals surface area contributed by atoms with Gasteiger partial charge in [-0.25, -0.2) is 0 Å². The van der Waals surface area contributed by atoms with Crippen molar-refractivity contribution in [3.63, 3.8) is 0 Å². The van der Waals surface area contributed by atoms with Crippen LogP contribution in [0.4, 0.5) is 0 Å². The Balaban J connectivity index is 1.63. The summed E-state index contributed by atoms with van der Waals surface area (Å²) in [7, 11) is 1.80. The average Bonchev–Trinajstić information content (AvgIpc) is 3.70. The zero-order valence-corrected chi connectivity index (χ0v) is 29.5. The number of carbonyl (C=O) groups is 4. The Morgan fingerprint density at radius 1 is 0.932 bits per heavy atom. The number of nitrogens with zero attached hydrogens (tertiary/aromatic N) is 1. The SMILES string of the molecule is CCC[C@H](CC(=O)[C@@H]1C[C@@]2(CN1C(=O)[C@@H](CC(=O)[C@@H](NC)C(C)(C)C)C(C)(C)C)C(C)(C)C21CCC1)C(O)C(=O)CC1CC1. The fourth-order valence-corrected chi connectivity index (χ4v) is 9.60. The molecule has 1 amide bonds. The van der Waals surface area contributed by atoms with E-state index in [1.54, 1.807) is 7.05 Å². The third kappa shape index (κ3) is 6.10. The number of amides is 1. The topological polar surface area (TPSA) is 104 Å². The summed E-state index contributed by atoms with van der Waals surface area (Å²) < 4.78 is 0. The molecule has 1 unspecified atom stereocenters. The van der Waals surface area contributed by atoms with Crippen LogP contribution < -0.4 is 5.32 Å². The van der Waals surface area contributed by atoms with Crippen LogP contribution in [0.25, 0.3) is 0 Å². The maximum atomic E-state index is 14.7. The van der Waals surface area contributed by atoms with Crippen molar-refractivity contribution in [3.8, 4) is 0 Å². The maximum Gasteiger partial charge on any atom is 0.227 e. The van der Waals surface area contributed by atoms with Crippen LogP contribution in [0.15, 0.2) is 0 Å². The molecule has 0 radical (unpaired) electrons. The van der Waals surface area contributed by atoms with Crippen molar-refractivity contribution in [3.05, 3.63) is 0 Å². The molecule has 1 saturated heterocycles. The van der Waals surface area contributed by atoms with Crippen LogP contribution in [-0.4, -0.2) is 65.0 Å². The molecule has 4 fully saturated rings. The zero-order valence-electron chi connectivity index (χ0n) is 29.5. The number of fused-ring (bicyclic) bond motifs is 1. The van der Waals surface area contributed by atoms with Gasteiger partial charge in [0.1, 0.15) is 6.10 Å². The molecule has 2 spiro atoms. The molecule has 1 aliphatic heterocycles. The summed E-state index contributed by atoms with van der Waals surface area (Å²) in [5.41, 5.74) is -0.693. The molecule has 3 saturated carbocycles. The predicted octanol–water partition coefficient (Wildman–Crippen LogP) is 6.15. The number of likely N-dealkylation sites (tertiary alicyclic amines) is 1. The Kier molecular flexibility index (Phi) is 9.78. The highest BCUT2D eigenvalue weighted by Crippen LogP contribution is 2.88. The van der Waals surface area contributed by atoms with E-state index in [1.165, 1.54) is 6.42 Å². The van der Waals surface area contributed by atoms with Crippen molar-refractivity contribution in [2.45, 2.75) is 151 Å². The van der Waals surface area contributed by atoms with Gasteiger partial charge in [0.2, 0.25) is 5.91 Å². The lowest BCUT2D eigenvalue weighted by molar-refractivity contribution is -0.147. The average molecular weight is 615 g/mol. The summed E-state index contributed by atoms with van der Waals surface area (Å²) in [4.78, 5) is 57.5. The number of hydrogen-bond acceptors (Lipinski definition) is 6. The minimum absolute atomic E-state index is 0.0209. The van der Waals surface area contributed by atoms with E-state index in [-0.39, 0.29) is 63.8 Å². The largest absolute Gasteiger partial charge is 0.385 e. The highest BCUT2D eigenvalue weighted by Gasteiger charge is 2.85. The zero-order chi connectivity index (χ0) is 33.0. The smallest absolute Gasteiger partial charge is 0.227 e. The Hall–Kier alpha value is -1.60. The highest BCUT2D eigenvalue weighted by molar-refractivity contribution is 5.95. The van der Waals surface area contributed by atoms with Crippen molar-refractivity contribution < 1.29 is 24.3 Å². The van der Waals surface area contributed by atoms with Gasteiger partial charge in [-0.2, -0.15) is 0 Å². The van der Waals surface area contributed by atoms with Gasteiger partial charge in [0.25, 0.3) is 0 Å². The Bertz CT molecular complexity index is 1120. The van der Waals surface area contributed by atoms with Gasteiger partial charge in [0.05, 0.1) is 12.1 Å². The fraction of sp³-hybridized carbons (Fsp3) is 0.892. The molecule has 7 nitrogen and oxygen atoms in total. The first-order valence-electron chi connectivity index (χ1n) is 17.5. The maximum absolute atomic E-state index is 14.7. The third-order valence-electron chi connectivity index (χ3n) is 12.8. The van der Waals surface area contributed by atoms with Gasteiger partial charge in [-0.3, -0.25) is 19.2 Å². The lowest BCUT2D eigenvalue weighted by Gasteiger charge is -2.37. The van der Waals surface area contributed by atoms with Gasteiger partial charge in [-0.1, -0.05) is 75.2 Å². The van der Waals surface area contributed by atoms with E-state index in [2.05, 4.69) is 19.2 Å². The second-order valence-electron chi connectivity index (χ2n) is 17.8. The van der Waals surface area contributed by atoms with Crippen molar-refractivity contribution in [2.75, 3.05) is 13.6 Å². The molecule has 0 bridgehead atoms. The molecule has 44 heavy (non-hydrogen) atoms. The van der Waals surface area contributed by atoms with Crippen molar-refractivity contribution in [2.24, 2.45) is 44.8 Å². The number of carbonyl (C=O) groups excluding carboxylic acids is 4.